The Bertz CT molecular complexity index is 612. The fraction of sp³-hybridized carbons (Fsp3) is 0.333. The van der Waals surface area contributed by atoms with E-state index in [1.807, 2.05) is 0 Å². The summed E-state index contributed by atoms with van der Waals surface area (Å²) in [5, 5.41) is 2.91. The lowest BCUT2D eigenvalue weighted by molar-refractivity contribution is -0.164. The zero-order valence-corrected chi connectivity index (χ0v) is 12.5. The van der Waals surface area contributed by atoms with Gasteiger partial charge >= 0.3 is 12.3 Å². The van der Waals surface area contributed by atoms with E-state index in [0.29, 0.717) is 17.3 Å². The monoisotopic (exact) mass is 345 g/mol. The maximum Gasteiger partial charge on any atom is 0.330 e. The molecule has 0 bridgehead atoms. The molecule has 2 aromatic rings. The van der Waals surface area contributed by atoms with Crippen molar-refractivity contribution in [1.29, 1.82) is 0 Å². The van der Waals surface area contributed by atoms with Crippen molar-refractivity contribution in [2.24, 2.45) is 0 Å². The first kappa shape index (κ1) is 17.9. The molecular weight excluding hydrogens is 330 g/mol. The molecule has 1 aromatic heterocycles. The van der Waals surface area contributed by atoms with Crippen molar-refractivity contribution in [1.82, 2.24) is 9.97 Å². The van der Waals surface area contributed by atoms with Crippen molar-refractivity contribution >= 4 is 5.69 Å². The summed E-state index contributed by atoms with van der Waals surface area (Å²) >= 11 is 0. The van der Waals surface area contributed by atoms with Crippen LogP contribution in [-0.2, 0) is 4.74 Å². The number of rotatable bonds is 9. The third kappa shape index (κ3) is 5.65. The molecule has 1 aromatic carbocycles. The molecule has 0 saturated heterocycles. The molecule has 0 saturated carbocycles. The molecule has 5 nitrogen and oxygen atoms in total. The summed E-state index contributed by atoms with van der Waals surface area (Å²) in [7, 11) is 0. The van der Waals surface area contributed by atoms with Gasteiger partial charge in [0.1, 0.15) is 18.7 Å². The standard InChI is InChI=1S/C15H15F4N3O2/c16-14(17)15(18,19)9-23-8-7-21-11-1-3-12(4-2-11)24-13-5-6-20-10-22-13/h1-6,10,14,21H,7-9H2. The molecule has 1 heterocycles. The summed E-state index contributed by atoms with van der Waals surface area (Å²) in [5.74, 6) is -3.16. The van der Waals surface area contributed by atoms with Gasteiger partial charge in [0.15, 0.2) is 0 Å². The quantitative estimate of drug-likeness (QED) is 0.556. The number of nitrogens with zero attached hydrogens (tertiary/aromatic N) is 2. The van der Waals surface area contributed by atoms with E-state index < -0.39 is 19.0 Å². The van der Waals surface area contributed by atoms with Crippen molar-refractivity contribution < 1.29 is 27.0 Å². The second kappa shape index (κ2) is 8.44. The van der Waals surface area contributed by atoms with Gasteiger partial charge in [0.2, 0.25) is 5.88 Å². The normalized spacial score (nSPS) is 11.5. The van der Waals surface area contributed by atoms with Gasteiger partial charge in [-0.25, -0.2) is 18.7 Å². The van der Waals surface area contributed by atoms with E-state index in [9.17, 15) is 17.6 Å². The van der Waals surface area contributed by atoms with Crippen molar-refractivity contribution in [2.45, 2.75) is 12.3 Å². The summed E-state index contributed by atoms with van der Waals surface area (Å²) in [6, 6.07) is 8.42. The van der Waals surface area contributed by atoms with E-state index in [1.54, 1.807) is 36.5 Å². The highest BCUT2D eigenvalue weighted by molar-refractivity contribution is 5.46. The Hall–Kier alpha value is -2.42. The highest BCUT2D eigenvalue weighted by Crippen LogP contribution is 2.23. The number of alkyl halides is 4. The molecule has 0 aliphatic rings. The first-order valence-electron chi connectivity index (χ1n) is 6.99. The Balaban J connectivity index is 1.71. The third-order valence-electron chi connectivity index (χ3n) is 2.82. The number of hydrogen-bond donors (Lipinski definition) is 1. The fourth-order valence-electron chi connectivity index (χ4n) is 1.64. The minimum absolute atomic E-state index is 0.124. The van der Waals surface area contributed by atoms with Gasteiger partial charge in [0, 0.05) is 24.5 Å². The molecule has 0 radical (unpaired) electrons. The Kier molecular flexibility index (Phi) is 6.30. The number of ether oxygens (including phenoxy) is 2. The molecule has 2 rings (SSSR count). The molecule has 0 aliphatic heterocycles. The van der Waals surface area contributed by atoms with E-state index >= 15 is 0 Å². The molecule has 0 fully saturated rings. The Morgan fingerprint density at radius 3 is 2.50 bits per heavy atom. The molecule has 0 aliphatic carbocycles. The highest BCUT2D eigenvalue weighted by atomic mass is 19.3. The summed E-state index contributed by atoms with van der Waals surface area (Å²) < 4.78 is 59.1. The van der Waals surface area contributed by atoms with E-state index in [4.69, 9.17) is 4.74 Å². The topological polar surface area (TPSA) is 56.3 Å². The summed E-state index contributed by atoms with van der Waals surface area (Å²) in [6.45, 7) is -1.23. The Morgan fingerprint density at radius 2 is 1.88 bits per heavy atom. The van der Waals surface area contributed by atoms with Gasteiger partial charge in [-0.05, 0) is 24.3 Å². The van der Waals surface area contributed by atoms with E-state index in [2.05, 4.69) is 20.0 Å². The van der Waals surface area contributed by atoms with Crippen LogP contribution in [0.25, 0.3) is 0 Å². The Labute approximate surface area is 135 Å². The van der Waals surface area contributed by atoms with Crippen LogP contribution in [0.4, 0.5) is 23.2 Å². The van der Waals surface area contributed by atoms with Crippen LogP contribution in [0, 0.1) is 0 Å². The predicted octanol–water partition coefficient (Wildman–Crippen LogP) is 3.60. The maximum absolute atomic E-state index is 12.6. The van der Waals surface area contributed by atoms with Gasteiger partial charge in [-0.1, -0.05) is 0 Å². The van der Waals surface area contributed by atoms with Crippen molar-refractivity contribution in [2.75, 3.05) is 25.1 Å². The largest absolute Gasteiger partial charge is 0.439 e. The van der Waals surface area contributed by atoms with Gasteiger partial charge in [-0.2, -0.15) is 8.78 Å². The van der Waals surface area contributed by atoms with Crippen LogP contribution in [0.5, 0.6) is 11.6 Å². The molecule has 1 N–H and O–H groups in total. The van der Waals surface area contributed by atoms with Crippen LogP contribution in [0.15, 0.2) is 42.9 Å². The van der Waals surface area contributed by atoms with Gasteiger partial charge in [0.05, 0.1) is 6.61 Å². The molecule has 0 spiro atoms. The van der Waals surface area contributed by atoms with Crippen molar-refractivity contribution in [3.8, 4) is 11.6 Å². The van der Waals surface area contributed by atoms with Crippen LogP contribution < -0.4 is 10.1 Å². The van der Waals surface area contributed by atoms with Gasteiger partial charge < -0.3 is 14.8 Å². The first-order chi connectivity index (χ1) is 11.5. The third-order valence-corrected chi connectivity index (χ3v) is 2.82. The van der Waals surface area contributed by atoms with Crippen LogP contribution in [0.3, 0.4) is 0 Å². The van der Waals surface area contributed by atoms with Gasteiger partial charge in [-0.3, -0.25) is 0 Å². The van der Waals surface area contributed by atoms with E-state index in [-0.39, 0.29) is 13.2 Å². The van der Waals surface area contributed by atoms with Crippen molar-refractivity contribution in [3.63, 3.8) is 0 Å². The van der Waals surface area contributed by atoms with Crippen LogP contribution >= 0.6 is 0 Å². The van der Waals surface area contributed by atoms with E-state index in [1.165, 1.54) is 6.33 Å². The van der Waals surface area contributed by atoms with Gasteiger partial charge in [-0.15, -0.1) is 0 Å². The number of nitrogens with one attached hydrogen (secondary N) is 1. The maximum atomic E-state index is 12.6. The molecule has 0 atom stereocenters. The predicted molar refractivity (Wildman–Crippen MR) is 78.8 cm³/mol. The second-order valence-corrected chi connectivity index (χ2v) is 4.72. The lowest BCUT2D eigenvalue weighted by atomic mass is 10.3. The summed E-state index contributed by atoms with van der Waals surface area (Å²) in [4.78, 5) is 7.69. The zero-order valence-electron chi connectivity index (χ0n) is 12.5. The smallest absolute Gasteiger partial charge is 0.330 e. The summed E-state index contributed by atoms with van der Waals surface area (Å²) in [6.07, 6.45) is -0.813. The first-order valence-corrected chi connectivity index (χ1v) is 6.99. The lowest BCUT2D eigenvalue weighted by Crippen LogP contribution is -2.33. The van der Waals surface area contributed by atoms with Crippen LogP contribution in [0.2, 0.25) is 0 Å². The minimum atomic E-state index is -4.13. The minimum Gasteiger partial charge on any atom is -0.439 e. The number of anilines is 1. The number of halogens is 4. The average molecular weight is 345 g/mol. The molecule has 9 heteroatoms. The SMILES string of the molecule is FC(F)C(F)(F)COCCNc1ccc(Oc2ccncn2)cc1. The highest BCUT2D eigenvalue weighted by Gasteiger charge is 2.40. The molecule has 130 valence electrons. The van der Waals surface area contributed by atoms with Gasteiger partial charge in [0.25, 0.3) is 0 Å². The zero-order chi connectivity index (χ0) is 17.4. The number of hydrogen-bond acceptors (Lipinski definition) is 5. The summed E-state index contributed by atoms with van der Waals surface area (Å²) in [5.41, 5.74) is 0.703. The number of aromatic nitrogens is 2. The fourth-order valence-corrected chi connectivity index (χ4v) is 1.64. The number of benzene rings is 1. The average Bonchev–Trinajstić information content (AvgIpc) is 2.57. The van der Waals surface area contributed by atoms with Crippen LogP contribution in [-0.4, -0.2) is 42.1 Å². The molecule has 0 amide bonds. The van der Waals surface area contributed by atoms with Crippen molar-refractivity contribution in [3.05, 3.63) is 42.9 Å². The lowest BCUT2D eigenvalue weighted by Gasteiger charge is -2.15. The van der Waals surface area contributed by atoms with Crippen LogP contribution in [0.1, 0.15) is 0 Å². The molecular formula is C15H15F4N3O2. The molecule has 0 unspecified atom stereocenters. The molecule has 24 heavy (non-hydrogen) atoms. The Morgan fingerprint density at radius 1 is 1.12 bits per heavy atom. The second-order valence-electron chi connectivity index (χ2n) is 4.72. The van der Waals surface area contributed by atoms with E-state index in [0.717, 1.165) is 0 Å².